The minimum Gasteiger partial charge on any atom is -0.462 e. The molecule has 0 unspecified atom stereocenters. The lowest BCUT2D eigenvalue weighted by molar-refractivity contribution is -0.130. The number of benzene rings is 1. The van der Waals surface area contributed by atoms with Crippen LogP contribution in [0, 0.1) is 13.8 Å². The van der Waals surface area contributed by atoms with E-state index in [0.29, 0.717) is 44.8 Å². The molecule has 0 spiro atoms. The molecular formula is C25H29N5O3. The molecule has 1 fully saturated rings. The molecule has 33 heavy (non-hydrogen) atoms. The summed E-state index contributed by atoms with van der Waals surface area (Å²) in [6.07, 6.45) is 1.89. The van der Waals surface area contributed by atoms with E-state index in [0.717, 1.165) is 28.5 Å². The summed E-state index contributed by atoms with van der Waals surface area (Å²) in [7, 11) is 0. The molecule has 3 heterocycles. The predicted molar refractivity (Wildman–Crippen MR) is 126 cm³/mol. The van der Waals surface area contributed by atoms with Crippen molar-refractivity contribution in [2.45, 2.75) is 27.2 Å². The monoisotopic (exact) mass is 447 g/mol. The number of amides is 1. The van der Waals surface area contributed by atoms with Crippen molar-refractivity contribution in [3.05, 3.63) is 71.2 Å². The Morgan fingerprint density at radius 3 is 2.36 bits per heavy atom. The number of para-hydroxylation sites is 1. The van der Waals surface area contributed by atoms with Gasteiger partial charge in [-0.2, -0.15) is 5.10 Å². The number of nitrogens with zero attached hydrogens (tertiary/aromatic N) is 5. The van der Waals surface area contributed by atoms with E-state index in [4.69, 9.17) is 4.74 Å². The second-order valence-electron chi connectivity index (χ2n) is 8.07. The SMILES string of the molecule is CCOC(=O)c1ccc(N2CCN(C(=O)Cc3c(C)nn(-c4ccccc4)c3C)CC2)nc1. The zero-order chi connectivity index (χ0) is 23.4. The summed E-state index contributed by atoms with van der Waals surface area (Å²) < 4.78 is 6.91. The summed E-state index contributed by atoms with van der Waals surface area (Å²) in [4.78, 5) is 33.3. The number of pyridine rings is 1. The van der Waals surface area contributed by atoms with E-state index in [2.05, 4.69) is 15.0 Å². The zero-order valence-electron chi connectivity index (χ0n) is 19.3. The normalized spacial score (nSPS) is 13.8. The molecule has 1 aromatic carbocycles. The van der Waals surface area contributed by atoms with Gasteiger partial charge in [-0.05, 0) is 45.0 Å². The second-order valence-corrected chi connectivity index (χ2v) is 8.07. The molecule has 1 saturated heterocycles. The number of esters is 1. The Kier molecular flexibility index (Phi) is 6.72. The fraction of sp³-hybridized carbons (Fsp3) is 0.360. The smallest absolute Gasteiger partial charge is 0.339 e. The van der Waals surface area contributed by atoms with Crippen molar-refractivity contribution < 1.29 is 14.3 Å². The van der Waals surface area contributed by atoms with E-state index in [-0.39, 0.29) is 11.9 Å². The van der Waals surface area contributed by atoms with Crippen LogP contribution in [-0.2, 0) is 16.0 Å². The number of carbonyl (C=O) groups excluding carboxylic acids is 2. The molecule has 3 aromatic rings. The molecule has 0 aliphatic carbocycles. The molecule has 0 radical (unpaired) electrons. The summed E-state index contributed by atoms with van der Waals surface area (Å²) in [6, 6.07) is 13.5. The van der Waals surface area contributed by atoms with Crippen LogP contribution in [0.2, 0.25) is 0 Å². The van der Waals surface area contributed by atoms with Crippen LogP contribution >= 0.6 is 0 Å². The Bertz CT molecular complexity index is 1120. The first-order valence-electron chi connectivity index (χ1n) is 11.2. The van der Waals surface area contributed by atoms with Gasteiger partial charge in [-0.1, -0.05) is 18.2 Å². The average Bonchev–Trinajstić information content (AvgIpc) is 3.13. The Balaban J connectivity index is 1.37. The summed E-state index contributed by atoms with van der Waals surface area (Å²) in [5, 5.41) is 4.66. The molecule has 1 amide bonds. The van der Waals surface area contributed by atoms with Gasteiger partial charge in [0.2, 0.25) is 5.91 Å². The maximum Gasteiger partial charge on any atom is 0.339 e. The van der Waals surface area contributed by atoms with E-state index in [1.807, 2.05) is 59.8 Å². The molecule has 2 aromatic heterocycles. The van der Waals surface area contributed by atoms with Crippen LogP contribution in [-0.4, -0.2) is 64.3 Å². The van der Waals surface area contributed by atoms with E-state index >= 15 is 0 Å². The zero-order valence-corrected chi connectivity index (χ0v) is 19.3. The third-order valence-corrected chi connectivity index (χ3v) is 5.99. The Labute approximate surface area is 193 Å². The van der Waals surface area contributed by atoms with E-state index in [1.54, 1.807) is 19.2 Å². The van der Waals surface area contributed by atoms with Gasteiger partial charge in [-0.25, -0.2) is 14.5 Å². The molecule has 0 bridgehead atoms. The van der Waals surface area contributed by atoms with Crippen molar-refractivity contribution in [1.82, 2.24) is 19.7 Å². The summed E-state index contributed by atoms with van der Waals surface area (Å²) in [6.45, 7) is 8.73. The molecule has 1 aliphatic rings. The highest BCUT2D eigenvalue weighted by Crippen LogP contribution is 2.20. The molecule has 172 valence electrons. The van der Waals surface area contributed by atoms with E-state index < -0.39 is 0 Å². The average molecular weight is 448 g/mol. The second kappa shape index (κ2) is 9.85. The number of ether oxygens (including phenoxy) is 1. The van der Waals surface area contributed by atoms with Gasteiger partial charge in [0.05, 0.1) is 30.0 Å². The van der Waals surface area contributed by atoms with Gasteiger partial charge >= 0.3 is 5.97 Å². The van der Waals surface area contributed by atoms with Crippen molar-refractivity contribution in [3.8, 4) is 5.69 Å². The number of piperazine rings is 1. The molecule has 4 rings (SSSR count). The largest absolute Gasteiger partial charge is 0.462 e. The maximum absolute atomic E-state index is 13.0. The lowest BCUT2D eigenvalue weighted by Crippen LogP contribution is -2.49. The quantitative estimate of drug-likeness (QED) is 0.541. The highest BCUT2D eigenvalue weighted by molar-refractivity contribution is 5.89. The Hall–Kier alpha value is -3.68. The van der Waals surface area contributed by atoms with Crippen molar-refractivity contribution in [3.63, 3.8) is 0 Å². The topological polar surface area (TPSA) is 80.6 Å². The van der Waals surface area contributed by atoms with Crippen LogP contribution in [0.3, 0.4) is 0 Å². The van der Waals surface area contributed by atoms with Crippen molar-refractivity contribution in [2.24, 2.45) is 0 Å². The first kappa shape index (κ1) is 22.5. The van der Waals surface area contributed by atoms with Crippen molar-refractivity contribution in [1.29, 1.82) is 0 Å². The Morgan fingerprint density at radius 2 is 1.73 bits per heavy atom. The number of hydrogen-bond donors (Lipinski definition) is 0. The van der Waals surface area contributed by atoms with Crippen LogP contribution < -0.4 is 4.90 Å². The highest BCUT2D eigenvalue weighted by atomic mass is 16.5. The van der Waals surface area contributed by atoms with Gasteiger partial charge in [0.1, 0.15) is 5.82 Å². The minimum absolute atomic E-state index is 0.110. The summed E-state index contributed by atoms with van der Waals surface area (Å²) >= 11 is 0. The van der Waals surface area contributed by atoms with Crippen molar-refractivity contribution in [2.75, 3.05) is 37.7 Å². The number of aryl methyl sites for hydroxylation is 1. The molecule has 0 N–H and O–H groups in total. The maximum atomic E-state index is 13.0. The van der Waals surface area contributed by atoms with Crippen LogP contribution in [0.15, 0.2) is 48.7 Å². The fourth-order valence-corrected chi connectivity index (χ4v) is 4.11. The van der Waals surface area contributed by atoms with Gasteiger partial charge < -0.3 is 14.5 Å². The van der Waals surface area contributed by atoms with Crippen molar-refractivity contribution >= 4 is 17.7 Å². The molecule has 1 aliphatic heterocycles. The minimum atomic E-state index is -0.367. The van der Waals surface area contributed by atoms with Gasteiger partial charge in [0.15, 0.2) is 0 Å². The van der Waals surface area contributed by atoms with E-state index in [1.165, 1.54) is 0 Å². The predicted octanol–water partition coefficient (Wildman–Crippen LogP) is 2.95. The van der Waals surface area contributed by atoms with Crippen LogP contribution in [0.4, 0.5) is 5.82 Å². The molecule has 0 saturated carbocycles. The summed E-state index contributed by atoms with van der Waals surface area (Å²) in [5.74, 6) is 0.540. The fourth-order valence-electron chi connectivity index (χ4n) is 4.11. The number of hydrogen-bond acceptors (Lipinski definition) is 6. The van der Waals surface area contributed by atoms with Gasteiger partial charge in [0, 0.05) is 43.6 Å². The van der Waals surface area contributed by atoms with Gasteiger partial charge in [0.25, 0.3) is 0 Å². The van der Waals surface area contributed by atoms with E-state index in [9.17, 15) is 9.59 Å². The molecular weight excluding hydrogens is 418 g/mol. The number of aromatic nitrogens is 3. The lowest BCUT2D eigenvalue weighted by Gasteiger charge is -2.35. The summed E-state index contributed by atoms with van der Waals surface area (Å²) in [5.41, 5.74) is 4.30. The number of carbonyl (C=O) groups is 2. The molecule has 8 heteroatoms. The van der Waals surface area contributed by atoms with Crippen LogP contribution in [0.25, 0.3) is 5.69 Å². The van der Waals surface area contributed by atoms with Gasteiger partial charge in [-0.3, -0.25) is 4.79 Å². The van der Waals surface area contributed by atoms with Crippen LogP contribution in [0.1, 0.15) is 34.2 Å². The number of anilines is 1. The van der Waals surface area contributed by atoms with Gasteiger partial charge in [-0.15, -0.1) is 0 Å². The third-order valence-electron chi connectivity index (χ3n) is 5.99. The first-order chi connectivity index (χ1) is 16.0. The molecule has 8 nitrogen and oxygen atoms in total. The molecule has 0 atom stereocenters. The first-order valence-corrected chi connectivity index (χ1v) is 11.2. The third kappa shape index (κ3) is 4.89. The van der Waals surface area contributed by atoms with Crippen LogP contribution in [0.5, 0.6) is 0 Å². The highest BCUT2D eigenvalue weighted by Gasteiger charge is 2.24. The lowest BCUT2D eigenvalue weighted by atomic mass is 10.1. The number of rotatable bonds is 6. The Morgan fingerprint density at radius 1 is 1.00 bits per heavy atom. The standard InChI is InChI=1S/C25H29N5O3/c1-4-33-25(32)20-10-11-23(26-17-20)28-12-14-29(15-13-28)24(31)16-22-18(2)27-30(19(22)3)21-8-6-5-7-9-21/h5-11,17H,4,12-16H2,1-3H3.